The number of para-hydroxylation sites is 2. The van der Waals surface area contributed by atoms with Crippen molar-refractivity contribution in [1.29, 1.82) is 0 Å². The maximum Gasteiger partial charge on any atom is 0.0562 e. The lowest BCUT2D eigenvalue weighted by Gasteiger charge is -2.10. The molecule has 0 fully saturated rings. The normalized spacial score (nSPS) is 12.2. The maximum absolute atomic E-state index is 2.46. The smallest absolute Gasteiger partial charge is 0.0562 e. The third-order valence-corrected chi connectivity index (χ3v) is 10.2. The number of rotatable bonds is 2. The summed E-state index contributed by atoms with van der Waals surface area (Å²) in [5.41, 5.74) is 7.26. The average Bonchev–Trinajstić information content (AvgIpc) is 3.69. The number of fused-ring (bicyclic) bond motifs is 10. The molecule has 2 nitrogen and oxygen atoms in total. The van der Waals surface area contributed by atoms with Gasteiger partial charge in [0.15, 0.2) is 0 Å². The molecule has 0 saturated carbocycles. The van der Waals surface area contributed by atoms with Crippen LogP contribution in [0.1, 0.15) is 0 Å². The summed E-state index contributed by atoms with van der Waals surface area (Å²) >= 11 is 1.87. The first kappa shape index (κ1) is 23.2. The van der Waals surface area contributed by atoms with Crippen LogP contribution in [0.2, 0.25) is 0 Å². The standard InChI is InChI=1S/C40H24N2S/c1-2-12-27(13-3-1)41-36-21-26-11-5-4-10-25(26)20-32(36)34-23-33-29-14-6-8-16-35(29)42(37(33)24-38(34)41)28-18-19-31-30-15-7-9-17-39(30)43-40(31)22-28/h1-24H. The SMILES string of the molecule is c1ccc(-n2c3cc4ccccc4cc3c3cc4c5ccccc5n(-c5ccc6c(c5)sc5ccccc56)c4cc32)cc1. The van der Waals surface area contributed by atoms with Gasteiger partial charge in [-0.1, -0.05) is 84.9 Å². The molecule has 0 saturated heterocycles. The van der Waals surface area contributed by atoms with Gasteiger partial charge in [-0.2, -0.15) is 0 Å². The van der Waals surface area contributed by atoms with Crippen molar-refractivity contribution in [1.82, 2.24) is 9.13 Å². The van der Waals surface area contributed by atoms with Gasteiger partial charge in [-0.05, 0) is 71.4 Å². The fraction of sp³-hybridized carbons (Fsp3) is 0. The molecule has 7 aromatic carbocycles. The molecule has 3 heteroatoms. The summed E-state index contributed by atoms with van der Waals surface area (Å²) in [6.45, 7) is 0. The van der Waals surface area contributed by atoms with Gasteiger partial charge in [0, 0.05) is 53.1 Å². The van der Waals surface area contributed by atoms with Crippen molar-refractivity contribution in [3.8, 4) is 11.4 Å². The molecule has 3 heterocycles. The second-order valence-corrected chi connectivity index (χ2v) is 12.5. The van der Waals surface area contributed by atoms with Crippen molar-refractivity contribution in [2.45, 2.75) is 0 Å². The van der Waals surface area contributed by atoms with E-state index in [0.29, 0.717) is 0 Å². The van der Waals surface area contributed by atoms with E-state index in [1.807, 2.05) is 11.3 Å². The largest absolute Gasteiger partial charge is 0.309 e. The molecule has 0 bridgehead atoms. The van der Waals surface area contributed by atoms with Gasteiger partial charge in [0.1, 0.15) is 0 Å². The van der Waals surface area contributed by atoms with Crippen molar-refractivity contribution in [3.05, 3.63) is 146 Å². The van der Waals surface area contributed by atoms with Gasteiger partial charge in [0.05, 0.1) is 22.1 Å². The van der Waals surface area contributed by atoms with Crippen LogP contribution in [0.3, 0.4) is 0 Å². The van der Waals surface area contributed by atoms with Crippen molar-refractivity contribution < 1.29 is 0 Å². The van der Waals surface area contributed by atoms with Crippen LogP contribution in [-0.4, -0.2) is 9.13 Å². The number of hydrogen-bond acceptors (Lipinski definition) is 1. The van der Waals surface area contributed by atoms with E-state index in [4.69, 9.17) is 0 Å². The van der Waals surface area contributed by atoms with E-state index >= 15 is 0 Å². The van der Waals surface area contributed by atoms with E-state index in [1.165, 1.54) is 85.9 Å². The first-order valence-electron chi connectivity index (χ1n) is 14.7. The van der Waals surface area contributed by atoms with E-state index < -0.39 is 0 Å². The Morgan fingerprint density at radius 2 is 0.930 bits per heavy atom. The lowest BCUT2D eigenvalue weighted by atomic mass is 10.0. The molecule has 0 aliphatic heterocycles. The highest BCUT2D eigenvalue weighted by Gasteiger charge is 2.19. The Balaban J connectivity index is 1.36. The van der Waals surface area contributed by atoms with E-state index in [1.54, 1.807) is 0 Å². The molecule has 200 valence electrons. The molecule has 0 N–H and O–H groups in total. The summed E-state index contributed by atoms with van der Waals surface area (Å²) in [5.74, 6) is 0. The number of benzene rings is 7. The molecular weight excluding hydrogens is 541 g/mol. The molecule has 0 aliphatic carbocycles. The molecular formula is C40H24N2S. The number of aromatic nitrogens is 2. The van der Waals surface area contributed by atoms with Crippen molar-refractivity contribution >= 4 is 85.9 Å². The van der Waals surface area contributed by atoms with Gasteiger partial charge < -0.3 is 9.13 Å². The summed E-state index contributed by atoms with van der Waals surface area (Å²) in [6, 6.07) is 53.5. The monoisotopic (exact) mass is 564 g/mol. The second kappa shape index (κ2) is 8.57. The topological polar surface area (TPSA) is 9.86 Å². The van der Waals surface area contributed by atoms with Gasteiger partial charge in [-0.3, -0.25) is 0 Å². The first-order valence-corrected chi connectivity index (χ1v) is 15.5. The van der Waals surface area contributed by atoms with Crippen LogP contribution in [0.25, 0.3) is 85.9 Å². The minimum atomic E-state index is 1.17. The van der Waals surface area contributed by atoms with Crippen molar-refractivity contribution in [2.75, 3.05) is 0 Å². The number of thiophene rings is 1. The molecule has 0 radical (unpaired) electrons. The summed E-state index contributed by atoms with van der Waals surface area (Å²) in [6.07, 6.45) is 0. The summed E-state index contributed by atoms with van der Waals surface area (Å²) in [5, 5.41) is 10.3. The summed E-state index contributed by atoms with van der Waals surface area (Å²) in [4.78, 5) is 0. The molecule has 0 unspecified atom stereocenters. The zero-order valence-electron chi connectivity index (χ0n) is 23.2. The second-order valence-electron chi connectivity index (χ2n) is 11.4. The van der Waals surface area contributed by atoms with E-state index in [-0.39, 0.29) is 0 Å². The summed E-state index contributed by atoms with van der Waals surface area (Å²) < 4.78 is 7.54. The number of hydrogen-bond donors (Lipinski definition) is 0. The molecule has 10 rings (SSSR count). The summed E-state index contributed by atoms with van der Waals surface area (Å²) in [7, 11) is 0. The van der Waals surface area contributed by atoms with Crippen molar-refractivity contribution in [2.24, 2.45) is 0 Å². The van der Waals surface area contributed by atoms with Crippen LogP contribution in [0, 0.1) is 0 Å². The highest BCUT2D eigenvalue weighted by atomic mass is 32.1. The Morgan fingerprint density at radius 1 is 0.326 bits per heavy atom. The van der Waals surface area contributed by atoms with Crippen molar-refractivity contribution in [3.63, 3.8) is 0 Å². The average molecular weight is 565 g/mol. The van der Waals surface area contributed by atoms with E-state index in [9.17, 15) is 0 Å². The Kier molecular flexibility index (Phi) is 4.63. The Morgan fingerprint density at radius 3 is 1.79 bits per heavy atom. The van der Waals surface area contributed by atoms with Gasteiger partial charge in [0.25, 0.3) is 0 Å². The Hall–Kier alpha value is -5.38. The molecule has 0 spiro atoms. The molecule has 3 aromatic heterocycles. The fourth-order valence-corrected chi connectivity index (χ4v) is 8.29. The highest BCUT2D eigenvalue weighted by Crippen LogP contribution is 2.42. The third kappa shape index (κ3) is 3.23. The van der Waals surface area contributed by atoms with Crippen LogP contribution < -0.4 is 0 Å². The third-order valence-electron chi connectivity index (χ3n) is 9.06. The maximum atomic E-state index is 2.46. The van der Waals surface area contributed by atoms with Crippen LogP contribution in [0.15, 0.2) is 146 Å². The minimum Gasteiger partial charge on any atom is -0.309 e. The zero-order chi connectivity index (χ0) is 28.1. The minimum absolute atomic E-state index is 1.17. The quantitative estimate of drug-likeness (QED) is 0.198. The molecule has 43 heavy (non-hydrogen) atoms. The van der Waals surface area contributed by atoms with Crippen LogP contribution in [0.5, 0.6) is 0 Å². The van der Waals surface area contributed by atoms with Crippen LogP contribution in [-0.2, 0) is 0 Å². The Bertz CT molecular complexity index is 2720. The lowest BCUT2D eigenvalue weighted by Crippen LogP contribution is -1.95. The predicted octanol–water partition coefficient (Wildman–Crippen LogP) is 11.4. The van der Waals surface area contributed by atoms with Crippen LogP contribution >= 0.6 is 11.3 Å². The van der Waals surface area contributed by atoms with Gasteiger partial charge in [-0.25, -0.2) is 0 Å². The number of nitrogens with zero attached hydrogens (tertiary/aromatic N) is 2. The fourth-order valence-electron chi connectivity index (χ4n) is 7.15. The van der Waals surface area contributed by atoms with Crippen LogP contribution in [0.4, 0.5) is 0 Å². The van der Waals surface area contributed by atoms with E-state index in [0.717, 1.165) is 0 Å². The molecule has 10 aromatic rings. The zero-order valence-corrected chi connectivity index (χ0v) is 24.0. The van der Waals surface area contributed by atoms with Gasteiger partial charge >= 0.3 is 0 Å². The molecule has 0 amide bonds. The molecule has 0 aliphatic rings. The molecule has 0 atom stereocenters. The first-order chi connectivity index (χ1) is 21.3. The van der Waals surface area contributed by atoms with Gasteiger partial charge in [-0.15, -0.1) is 11.3 Å². The van der Waals surface area contributed by atoms with Gasteiger partial charge in [0.2, 0.25) is 0 Å². The Labute approximate surface area is 251 Å². The predicted molar refractivity (Wildman–Crippen MR) is 186 cm³/mol. The lowest BCUT2D eigenvalue weighted by molar-refractivity contribution is 1.17. The van der Waals surface area contributed by atoms with E-state index in [2.05, 4.69) is 155 Å². The highest BCUT2D eigenvalue weighted by molar-refractivity contribution is 7.25.